The van der Waals surface area contributed by atoms with Gasteiger partial charge in [0.25, 0.3) is 0 Å². The molecule has 1 aliphatic heterocycles. The van der Waals surface area contributed by atoms with Gasteiger partial charge < -0.3 is 4.74 Å². The number of carbonyl (C=O) groups is 1. The Balaban J connectivity index is 2.14. The van der Waals surface area contributed by atoms with Crippen molar-refractivity contribution in [3.05, 3.63) is 23.9 Å². The van der Waals surface area contributed by atoms with Crippen LogP contribution in [0.5, 0.6) is 0 Å². The highest BCUT2D eigenvalue weighted by atomic mass is 16.6. The van der Waals surface area contributed by atoms with Gasteiger partial charge >= 0.3 is 6.09 Å². The average molecular weight is 362 g/mol. The lowest BCUT2D eigenvalue weighted by Gasteiger charge is -2.28. The fourth-order valence-corrected chi connectivity index (χ4v) is 3.49. The first-order chi connectivity index (χ1) is 12.2. The number of nitrogens with zero attached hydrogens (tertiary/aromatic N) is 3. The molecule has 0 N–H and O–H groups in total. The van der Waals surface area contributed by atoms with Gasteiger partial charge in [-0.2, -0.15) is 0 Å². The van der Waals surface area contributed by atoms with Gasteiger partial charge in [0, 0.05) is 25.3 Å². The van der Waals surface area contributed by atoms with Crippen LogP contribution >= 0.6 is 0 Å². The van der Waals surface area contributed by atoms with Crippen LogP contribution in [0.25, 0.3) is 0 Å². The second-order valence-electron chi connectivity index (χ2n) is 8.63. The number of hydrogen-bond donors (Lipinski definition) is 0. The van der Waals surface area contributed by atoms with Gasteiger partial charge in [-0.25, -0.2) is 9.78 Å². The lowest BCUT2D eigenvalue weighted by atomic mass is 10.1. The molecule has 1 fully saturated rings. The fourth-order valence-electron chi connectivity index (χ4n) is 3.49. The van der Waals surface area contributed by atoms with Crippen LogP contribution in [0.4, 0.5) is 10.6 Å². The molecule has 0 unspecified atom stereocenters. The van der Waals surface area contributed by atoms with E-state index in [4.69, 9.17) is 4.74 Å². The summed E-state index contributed by atoms with van der Waals surface area (Å²) in [6.45, 7) is 15.1. The molecule has 5 nitrogen and oxygen atoms in total. The van der Waals surface area contributed by atoms with Crippen molar-refractivity contribution in [2.45, 2.75) is 72.4 Å². The Morgan fingerprint density at radius 1 is 1.38 bits per heavy atom. The van der Waals surface area contributed by atoms with Gasteiger partial charge in [-0.1, -0.05) is 26.8 Å². The normalized spacial score (nSPS) is 18.3. The zero-order valence-corrected chi connectivity index (χ0v) is 17.3. The summed E-state index contributed by atoms with van der Waals surface area (Å²) in [6.07, 6.45) is 4.87. The van der Waals surface area contributed by atoms with Gasteiger partial charge in [0.15, 0.2) is 0 Å². The molecule has 0 aromatic carbocycles. The van der Waals surface area contributed by atoms with E-state index in [2.05, 4.69) is 29.8 Å². The van der Waals surface area contributed by atoms with E-state index in [0.29, 0.717) is 24.3 Å². The van der Waals surface area contributed by atoms with E-state index in [1.807, 2.05) is 40.0 Å². The third kappa shape index (κ3) is 5.70. The van der Waals surface area contributed by atoms with Crippen LogP contribution in [0.2, 0.25) is 0 Å². The Morgan fingerprint density at radius 3 is 2.65 bits per heavy atom. The van der Waals surface area contributed by atoms with E-state index in [0.717, 1.165) is 19.5 Å². The Morgan fingerprint density at radius 2 is 2.12 bits per heavy atom. The Hall–Kier alpha value is -1.62. The summed E-state index contributed by atoms with van der Waals surface area (Å²) in [5.41, 5.74) is 0.733. The quantitative estimate of drug-likeness (QED) is 0.713. The summed E-state index contributed by atoms with van der Waals surface area (Å²) in [5, 5.41) is 0. The first-order valence-electron chi connectivity index (χ1n) is 9.91. The molecule has 0 bridgehead atoms. The summed E-state index contributed by atoms with van der Waals surface area (Å²) in [6, 6.07) is 4.53. The molecule has 2 heterocycles. The zero-order valence-electron chi connectivity index (χ0n) is 17.3. The van der Waals surface area contributed by atoms with Crippen LogP contribution in [-0.2, 0) is 4.74 Å². The van der Waals surface area contributed by atoms with Crippen molar-refractivity contribution >= 4 is 11.9 Å². The molecule has 1 aliphatic rings. The molecule has 5 heteroatoms. The molecular formula is C21H35N3O2. The highest BCUT2D eigenvalue weighted by molar-refractivity contribution is 5.86. The summed E-state index contributed by atoms with van der Waals surface area (Å²) >= 11 is 0. The van der Waals surface area contributed by atoms with E-state index in [1.165, 1.54) is 18.4 Å². The number of ether oxygens (including phenoxy) is 1. The first-order valence-corrected chi connectivity index (χ1v) is 9.91. The van der Waals surface area contributed by atoms with E-state index >= 15 is 0 Å². The molecule has 0 radical (unpaired) electrons. The number of anilines is 1. The van der Waals surface area contributed by atoms with E-state index < -0.39 is 5.60 Å². The van der Waals surface area contributed by atoms with Crippen LogP contribution in [0.15, 0.2) is 18.3 Å². The molecule has 1 saturated heterocycles. The summed E-state index contributed by atoms with van der Waals surface area (Å²) < 4.78 is 5.54. The highest BCUT2D eigenvalue weighted by Crippen LogP contribution is 2.32. The summed E-state index contributed by atoms with van der Waals surface area (Å²) in [4.78, 5) is 21.3. The minimum absolute atomic E-state index is 0.332. The number of likely N-dealkylation sites (tertiary alicyclic amines) is 1. The number of carbonyl (C=O) groups excluding carboxylic acids is 1. The first kappa shape index (κ1) is 20.7. The molecule has 1 atom stereocenters. The zero-order chi connectivity index (χ0) is 19.3. The van der Waals surface area contributed by atoms with Crippen molar-refractivity contribution in [3.63, 3.8) is 0 Å². The van der Waals surface area contributed by atoms with Crippen molar-refractivity contribution in [3.8, 4) is 0 Å². The minimum Gasteiger partial charge on any atom is -0.443 e. The molecule has 1 aromatic rings. The third-order valence-corrected chi connectivity index (χ3v) is 4.46. The van der Waals surface area contributed by atoms with E-state index in [1.54, 1.807) is 4.90 Å². The number of aromatic nitrogens is 1. The number of amides is 1. The molecule has 0 spiro atoms. The van der Waals surface area contributed by atoms with Crippen molar-refractivity contribution < 1.29 is 9.53 Å². The minimum atomic E-state index is -0.510. The average Bonchev–Trinajstić information content (AvgIpc) is 2.98. The van der Waals surface area contributed by atoms with Gasteiger partial charge in [0.05, 0.1) is 0 Å². The highest BCUT2D eigenvalue weighted by Gasteiger charge is 2.28. The van der Waals surface area contributed by atoms with Gasteiger partial charge in [0.1, 0.15) is 11.4 Å². The predicted octanol–water partition coefficient (Wildman–Crippen LogP) is 5.03. The molecule has 26 heavy (non-hydrogen) atoms. The second-order valence-corrected chi connectivity index (χ2v) is 8.63. The van der Waals surface area contributed by atoms with Gasteiger partial charge in [-0.3, -0.25) is 9.80 Å². The molecule has 146 valence electrons. The molecular weight excluding hydrogens is 326 g/mol. The summed E-state index contributed by atoms with van der Waals surface area (Å²) in [5.74, 6) is 1.33. The van der Waals surface area contributed by atoms with Crippen molar-refractivity contribution in [1.82, 2.24) is 9.88 Å². The fraction of sp³-hybridized carbons (Fsp3) is 0.714. The monoisotopic (exact) mass is 361 g/mol. The van der Waals surface area contributed by atoms with Crippen molar-refractivity contribution in [1.29, 1.82) is 0 Å². The molecule has 1 aromatic heterocycles. The number of rotatable bonds is 6. The molecule has 2 rings (SSSR count). The Bertz CT molecular complexity index is 578. The van der Waals surface area contributed by atoms with Gasteiger partial charge in [0.2, 0.25) is 0 Å². The SMILES string of the molecule is CCCN(C(=O)OC(C)(C)C)c1ccc([C@@H]2CCCN2CC(C)C)cn1. The second kappa shape index (κ2) is 8.85. The van der Waals surface area contributed by atoms with Crippen LogP contribution < -0.4 is 4.90 Å². The Labute approximate surface area is 158 Å². The standard InChI is InChI=1S/C21H35N3O2/c1-7-12-24(20(25)26-21(4,5)6)19-11-10-17(14-22-19)18-9-8-13-23(18)15-16(2)3/h10-11,14,16,18H,7-9,12-13,15H2,1-6H3/t18-/m0/s1. The third-order valence-electron chi connectivity index (χ3n) is 4.46. The van der Waals surface area contributed by atoms with Crippen LogP contribution in [0.1, 0.15) is 72.4 Å². The predicted molar refractivity (Wildman–Crippen MR) is 106 cm³/mol. The van der Waals surface area contributed by atoms with Crippen LogP contribution in [0, 0.1) is 5.92 Å². The van der Waals surface area contributed by atoms with Crippen molar-refractivity contribution in [2.24, 2.45) is 5.92 Å². The number of hydrogen-bond acceptors (Lipinski definition) is 4. The maximum absolute atomic E-state index is 12.5. The lowest BCUT2D eigenvalue weighted by molar-refractivity contribution is 0.0579. The molecule has 1 amide bonds. The van der Waals surface area contributed by atoms with Gasteiger partial charge in [-0.15, -0.1) is 0 Å². The molecule has 0 saturated carbocycles. The van der Waals surface area contributed by atoms with Crippen LogP contribution in [0.3, 0.4) is 0 Å². The summed E-state index contributed by atoms with van der Waals surface area (Å²) in [7, 11) is 0. The number of pyridine rings is 1. The molecule has 0 aliphatic carbocycles. The Kier molecular flexibility index (Phi) is 7.04. The lowest BCUT2D eigenvalue weighted by Crippen LogP contribution is -2.37. The maximum Gasteiger partial charge on any atom is 0.416 e. The van der Waals surface area contributed by atoms with Crippen molar-refractivity contribution in [2.75, 3.05) is 24.5 Å². The largest absolute Gasteiger partial charge is 0.443 e. The smallest absolute Gasteiger partial charge is 0.416 e. The van der Waals surface area contributed by atoms with Gasteiger partial charge in [-0.05, 0) is 64.1 Å². The van der Waals surface area contributed by atoms with E-state index in [9.17, 15) is 4.79 Å². The van der Waals surface area contributed by atoms with E-state index in [-0.39, 0.29) is 6.09 Å². The maximum atomic E-state index is 12.5. The van der Waals surface area contributed by atoms with Crippen LogP contribution in [-0.4, -0.2) is 41.2 Å². The topological polar surface area (TPSA) is 45.7 Å².